The van der Waals surface area contributed by atoms with Crippen LogP contribution in [0, 0.1) is 5.82 Å². The third-order valence-electron chi connectivity index (χ3n) is 2.40. The van der Waals surface area contributed by atoms with Gasteiger partial charge < -0.3 is 5.32 Å². The van der Waals surface area contributed by atoms with Crippen LogP contribution in [0.1, 0.15) is 12.5 Å². The third kappa shape index (κ3) is 5.93. The van der Waals surface area contributed by atoms with Crippen LogP contribution in [-0.2, 0) is 16.3 Å². The summed E-state index contributed by atoms with van der Waals surface area (Å²) in [7, 11) is -3.05. The van der Waals surface area contributed by atoms with Crippen LogP contribution in [0.15, 0.2) is 22.7 Å². The summed E-state index contributed by atoms with van der Waals surface area (Å²) in [6.45, 7) is 2.59. The molecule has 1 aromatic rings. The molecule has 1 N–H and O–H groups in total. The molecule has 0 aliphatic rings. The van der Waals surface area contributed by atoms with Gasteiger partial charge in [-0.25, -0.2) is 12.8 Å². The van der Waals surface area contributed by atoms with Gasteiger partial charge in [0, 0.05) is 16.8 Å². The van der Waals surface area contributed by atoms with E-state index in [1.165, 1.54) is 18.4 Å². The minimum Gasteiger partial charge on any atom is -0.313 e. The van der Waals surface area contributed by atoms with E-state index >= 15 is 0 Å². The fourth-order valence-electron chi connectivity index (χ4n) is 1.86. The summed E-state index contributed by atoms with van der Waals surface area (Å²) in [4.78, 5) is 0. The van der Waals surface area contributed by atoms with E-state index in [-0.39, 0.29) is 17.6 Å². The second kappa shape index (κ2) is 6.63. The molecule has 0 bridgehead atoms. The summed E-state index contributed by atoms with van der Waals surface area (Å²) < 4.78 is 36.5. The molecule has 0 saturated heterocycles. The second-order valence-corrected chi connectivity index (χ2v) is 7.43. The van der Waals surface area contributed by atoms with E-state index in [0.717, 1.165) is 5.56 Å². The van der Waals surface area contributed by atoms with Crippen molar-refractivity contribution < 1.29 is 12.8 Å². The first kappa shape index (κ1) is 15.6. The van der Waals surface area contributed by atoms with E-state index in [1.54, 1.807) is 6.07 Å². The number of nitrogens with one attached hydrogen (secondary N) is 1. The van der Waals surface area contributed by atoms with Gasteiger partial charge in [-0.2, -0.15) is 0 Å². The topological polar surface area (TPSA) is 46.2 Å². The Hall–Kier alpha value is -0.460. The molecule has 1 atom stereocenters. The minimum absolute atomic E-state index is 0.0506. The number of sulfone groups is 1. The van der Waals surface area contributed by atoms with Gasteiger partial charge in [-0.15, -0.1) is 0 Å². The fraction of sp³-hybridized carbons (Fsp3) is 0.500. The molecule has 0 amide bonds. The molecular formula is C12H17BrFNO2S. The summed E-state index contributed by atoms with van der Waals surface area (Å²) in [5, 5.41) is 3.11. The molecular weight excluding hydrogens is 321 g/mol. The van der Waals surface area contributed by atoms with Gasteiger partial charge in [0.2, 0.25) is 0 Å². The van der Waals surface area contributed by atoms with Crippen LogP contribution in [0.25, 0.3) is 0 Å². The summed E-state index contributed by atoms with van der Waals surface area (Å²) in [6, 6.07) is 4.41. The summed E-state index contributed by atoms with van der Waals surface area (Å²) >= 11 is 3.22. The molecule has 1 unspecified atom stereocenters. The maximum absolute atomic E-state index is 13.2. The first-order chi connectivity index (χ1) is 8.30. The van der Waals surface area contributed by atoms with Crippen LogP contribution in [0.5, 0.6) is 0 Å². The summed E-state index contributed by atoms with van der Waals surface area (Å²) in [6.07, 6.45) is 1.69. The molecule has 6 heteroatoms. The predicted octanol–water partition coefficient (Wildman–Crippen LogP) is 2.15. The van der Waals surface area contributed by atoms with Gasteiger partial charge in [0.1, 0.15) is 15.7 Å². The molecule has 0 spiro atoms. The number of hydrogen-bond donors (Lipinski definition) is 1. The fourth-order valence-corrected chi connectivity index (χ4v) is 3.34. The Morgan fingerprint density at radius 2 is 2.06 bits per heavy atom. The standard InChI is InChI=1S/C12H17BrFNO2S/c1-3-15-12(8-18(2,16)17)6-9-4-10(13)7-11(14)5-9/h4-5,7,12,15H,3,6,8H2,1-2H3. The molecule has 0 aromatic heterocycles. The van der Waals surface area contributed by atoms with Gasteiger partial charge in [0.25, 0.3) is 0 Å². The van der Waals surface area contributed by atoms with Crippen LogP contribution in [-0.4, -0.2) is 33.0 Å². The van der Waals surface area contributed by atoms with E-state index in [0.29, 0.717) is 17.4 Å². The molecule has 1 rings (SSSR count). The van der Waals surface area contributed by atoms with Crippen LogP contribution in [0.2, 0.25) is 0 Å². The van der Waals surface area contributed by atoms with Crippen molar-refractivity contribution in [3.05, 3.63) is 34.1 Å². The number of halogens is 2. The lowest BCUT2D eigenvalue weighted by molar-refractivity contribution is 0.543. The zero-order chi connectivity index (χ0) is 13.8. The molecule has 18 heavy (non-hydrogen) atoms. The zero-order valence-corrected chi connectivity index (χ0v) is 12.8. The average molecular weight is 338 g/mol. The van der Waals surface area contributed by atoms with Gasteiger partial charge in [-0.1, -0.05) is 22.9 Å². The smallest absolute Gasteiger partial charge is 0.148 e. The number of rotatable bonds is 6. The molecule has 102 valence electrons. The van der Waals surface area contributed by atoms with Crippen LogP contribution in [0.4, 0.5) is 4.39 Å². The lowest BCUT2D eigenvalue weighted by Gasteiger charge is -2.17. The first-order valence-electron chi connectivity index (χ1n) is 5.66. The average Bonchev–Trinajstić information content (AvgIpc) is 2.12. The number of likely N-dealkylation sites (N-methyl/N-ethyl adjacent to an activating group) is 1. The highest BCUT2D eigenvalue weighted by Crippen LogP contribution is 2.16. The van der Waals surface area contributed by atoms with E-state index < -0.39 is 9.84 Å². The Kier molecular flexibility index (Phi) is 5.75. The highest BCUT2D eigenvalue weighted by atomic mass is 79.9. The Morgan fingerprint density at radius 1 is 1.39 bits per heavy atom. The molecule has 0 heterocycles. The molecule has 3 nitrogen and oxygen atoms in total. The maximum atomic E-state index is 13.2. The first-order valence-corrected chi connectivity index (χ1v) is 8.51. The molecule has 0 radical (unpaired) electrons. The second-order valence-electron chi connectivity index (χ2n) is 4.33. The Labute approximate surface area is 116 Å². The molecule has 0 aliphatic heterocycles. The van der Waals surface area contributed by atoms with Crippen LogP contribution >= 0.6 is 15.9 Å². The van der Waals surface area contributed by atoms with Crippen LogP contribution in [0.3, 0.4) is 0 Å². The largest absolute Gasteiger partial charge is 0.313 e. The van der Waals surface area contributed by atoms with Gasteiger partial charge in [-0.05, 0) is 36.7 Å². The highest BCUT2D eigenvalue weighted by molar-refractivity contribution is 9.10. The van der Waals surface area contributed by atoms with Crippen molar-refractivity contribution in [2.45, 2.75) is 19.4 Å². The Balaban J connectivity index is 2.82. The lowest BCUT2D eigenvalue weighted by atomic mass is 10.1. The molecule has 1 aromatic carbocycles. The van der Waals surface area contributed by atoms with Crippen molar-refractivity contribution in [3.8, 4) is 0 Å². The van der Waals surface area contributed by atoms with E-state index in [1.807, 2.05) is 6.92 Å². The predicted molar refractivity (Wildman–Crippen MR) is 75.0 cm³/mol. The zero-order valence-electron chi connectivity index (χ0n) is 10.4. The SMILES string of the molecule is CCNC(Cc1cc(F)cc(Br)c1)CS(C)(=O)=O. The van der Waals surface area contributed by atoms with Gasteiger partial charge >= 0.3 is 0 Å². The van der Waals surface area contributed by atoms with Gasteiger partial charge in [0.15, 0.2) is 0 Å². The van der Waals surface area contributed by atoms with Crippen molar-refractivity contribution in [2.24, 2.45) is 0 Å². The van der Waals surface area contributed by atoms with Crippen molar-refractivity contribution in [3.63, 3.8) is 0 Å². The van der Waals surface area contributed by atoms with Crippen molar-refractivity contribution in [1.29, 1.82) is 0 Å². The molecule has 0 saturated carbocycles. The summed E-state index contributed by atoms with van der Waals surface area (Å²) in [5.41, 5.74) is 0.775. The normalized spacial score (nSPS) is 13.6. The van der Waals surface area contributed by atoms with Crippen molar-refractivity contribution in [1.82, 2.24) is 5.32 Å². The molecule has 0 aliphatic carbocycles. The molecule has 0 fully saturated rings. The van der Waals surface area contributed by atoms with E-state index in [4.69, 9.17) is 0 Å². The lowest BCUT2D eigenvalue weighted by Crippen LogP contribution is -2.37. The highest BCUT2D eigenvalue weighted by Gasteiger charge is 2.15. The monoisotopic (exact) mass is 337 g/mol. The Bertz CT molecular complexity index is 485. The van der Waals surface area contributed by atoms with Gasteiger partial charge in [0.05, 0.1) is 5.75 Å². The van der Waals surface area contributed by atoms with Crippen molar-refractivity contribution in [2.75, 3.05) is 18.6 Å². The Morgan fingerprint density at radius 3 is 2.56 bits per heavy atom. The number of benzene rings is 1. The third-order valence-corrected chi connectivity index (χ3v) is 3.87. The quantitative estimate of drug-likeness (QED) is 0.865. The maximum Gasteiger partial charge on any atom is 0.148 e. The van der Waals surface area contributed by atoms with Gasteiger partial charge in [-0.3, -0.25) is 0 Å². The van der Waals surface area contributed by atoms with Crippen molar-refractivity contribution >= 4 is 25.8 Å². The minimum atomic E-state index is -3.05. The summed E-state index contributed by atoms with van der Waals surface area (Å²) in [5.74, 6) is -0.274. The van der Waals surface area contributed by atoms with Crippen LogP contribution < -0.4 is 5.32 Å². The van der Waals surface area contributed by atoms with E-state index in [2.05, 4.69) is 21.2 Å². The number of hydrogen-bond acceptors (Lipinski definition) is 3. The van der Waals surface area contributed by atoms with E-state index in [9.17, 15) is 12.8 Å².